The Kier molecular flexibility index (Phi) is 7.86. The number of benzene rings is 8. The van der Waals surface area contributed by atoms with Gasteiger partial charge in [-0.2, -0.15) is 0 Å². The van der Waals surface area contributed by atoms with Crippen LogP contribution in [0.1, 0.15) is 31.8 Å². The molecule has 266 valence electrons. The molecule has 1 aliphatic rings. The van der Waals surface area contributed by atoms with E-state index in [1.807, 2.05) is 91.0 Å². The summed E-state index contributed by atoms with van der Waals surface area (Å²) in [6, 6.07) is 61.8. The van der Waals surface area contributed by atoms with Crippen molar-refractivity contribution in [2.24, 2.45) is 0 Å². The maximum Gasteiger partial charge on any atom is 0.268 e. The standard InChI is InChI=1S/C52H36N2O2/c1-33-13-9-19-37(29-33)39-25-27-43-44-28-26-40(38-20-10-14-34(2)30-38)32-48(44)53(47(43)31-39)46-24-12-23-45-49(46)52(56)54(51(45)55)50-41(35-15-5-3-6-16-35)21-11-22-42(50)36-17-7-4-8-18-36/h3-32H,1-2H3. The smallest absolute Gasteiger partial charge is 0.268 e. The highest BCUT2D eigenvalue weighted by Gasteiger charge is 2.41. The van der Waals surface area contributed by atoms with Crippen LogP contribution in [-0.4, -0.2) is 16.4 Å². The minimum absolute atomic E-state index is 0.339. The van der Waals surface area contributed by atoms with E-state index in [-0.39, 0.29) is 11.8 Å². The van der Waals surface area contributed by atoms with Gasteiger partial charge in [-0.3, -0.25) is 9.59 Å². The summed E-state index contributed by atoms with van der Waals surface area (Å²) in [7, 11) is 0. The summed E-state index contributed by atoms with van der Waals surface area (Å²) in [5, 5.41) is 2.14. The zero-order valence-corrected chi connectivity index (χ0v) is 31.0. The van der Waals surface area contributed by atoms with E-state index in [1.165, 1.54) is 16.0 Å². The number of para-hydroxylation sites is 1. The van der Waals surface area contributed by atoms with Crippen molar-refractivity contribution in [3.8, 4) is 50.2 Å². The summed E-state index contributed by atoms with van der Waals surface area (Å²) >= 11 is 0. The molecule has 4 nitrogen and oxygen atoms in total. The Hall–Kier alpha value is -7.30. The fraction of sp³-hybridized carbons (Fsp3) is 0.0385. The molecule has 10 rings (SSSR count). The quantitative estimate of drug-likeness (QED) is 0.161. The maximum absolute atomic E-state index is 15.3. The molecule has 1 aliphatic heterocycles. The van der Waals surface area contributed by atoms with Gasteiger partial charge in [0.2, 0.25) is 0 Å². The van der Waals surface area contributed by atoms with E-state index in [2.05, 4.69) is 103 Å². The summed E-state index contributed by atoms with van der Waals surface area (Å²) in [6.07, 6.45) is 0. The zero-order valence-electron chi connectivity index (χ0n) is 31.0. The fourth-order valence-electron chi connectivity index (χ4n) is 8.43. The van der Waals surface area contributed by atoms with Crippen LogP contribution < -0.4 is 4.90 Å². The number of hydrogen-bond acceptors (Lipinski definition) is 2. The molecule has 4 heteroatoms. The Bertz CT molecular complexity index is 2870. The molecule has 2 amide bonds. The lowest BCUT2D eigenvalue weighted by molar-refractivity contribution is 0.0926. The van der Waals surface area contributed by atoms with Gasteiger partial charge >= 0.3 is 0 Å². The Morgan fingerprint density at radius 2 is 0.821 bits per heavy atom. The summed E-state index contributed by atoms with van der Waals surface area (Å²) in [6.45, 7) is 4.21. The molecule has 0 fully saturated rings. The maximum atomic E-state index is 15.3. The molecule has 8 aromatic carbocycles. The molecule has 0 aliphatic carbocycles. The van der Waals surface area contributed by atoms with Gasteiger partial charge < -0.3 is 4.57 Å². The second-order valence-corrected chi connectivity index (χ2v) is 14.6. The van der Waals surface area contributed by atoms with Crippen molar-refractivity contribution in [3.63, 3.8) is 0 Å². The van der Waals surface area contributed by atoms with Crippen LogP contribution in [0.2, 0.25) is 0 Å². The predicted octanol–water partition coefficient (Wildman–Crippen LogP) is 12.9. The van der Waals surface area contributed by atoms with Gasteiger partial charge in [0.05, 0.1) is 33.5 Å². The van der Waals surface area contributed by atoms with Crippen molar-refractivity contribution in [1.82, 2.24) is 4.57 Å². The van der Waals surface area contributed by atoms with Crippen LogP contribution >= 0.6 is 0 Å². The number of rotatable bonds is 6. The average molecular weight is 721 g/mol. The molecule has 0 N–H and O–H groups in total. The van der Waals surface area contributed by atoms with E-state index in [0.717, 1.165) is 66.3 Å². The number of imide groups is 1. The third-order valence-electron chi connectivity index (χ3n) is 11.0. The highest BCUT2D eigenvalue weighted by Crippen LogP contribution is 2.45. The van der Waals surface area contributed by atoms with Crippen LogP contribution in [0.5, 0.6) is 0 Å². The Labute approximate surface area is 325 Å². The van der Waals surface area contributed by atoms with Crippen molar-refractivity contribution >= 4 is 39.3 Å². The topological polar surface area (TPSA) is 42.3 Å². The van der Waals surface area contributed by atoms with E-state index >= 15 is 4.79 Å². The first kappa shape index (κ1) is 33.3. The summed E-state index contributed by atoms with van der Waals surface area (Å²) in [5.74, 6) is -0.685. The number of fused-ring (bicyclic) bond motifs is 4. The molecular formula is C52H36N2O2. The van der Waals surface area contributed by atoms with Gasteiger partial charge in [0, 0.05) is 21.9 Å². The summed E-state index contributed by atoms with van der Waals surface area (Å²) in [5.41, 5.74) is 14.2. The summed E-state index contributed by atoms with van der Waals surface area (Å²) in [4.78, 5) is 31.6. The van der Waals surface area contributed by atoms with Crippen LogP contribution in [0.3, 0.4) is 0 Å². The summed E-state index contributed by atoms with van der Waals surface area (Å²) < 4.78 is 2.19. The average Bonchev–Trinajstić information content (AvgIpc) is 3.70. The zero-order chi connectivity index (χ0) is 37.9. The normalized spacial score (nSPS) is 12.5. The number of amides is 2. The Morgan fingerprint density at radius 1 is 0.375 bits per heavy atom. The molecule has 0 atom stereocenters. The fourth-order valence-corrected chi connectivity index (χ4v) is 8.43. The van der Waals surface area contributed by atoms with E-state index in [0.29, 0.717) is 22.5 Å². The highest BCUT2D eigenvalue weighted by molar-refractivity contribution is 6.37. The number of aromatic nitrogens is 1. The van der Waals surface area contributed by atoms with Crippen molar-refractivity contribution in [3.05, 3.63) is 204 Å². The third kappa shape index (κ3) is 5.38. The Morgan fingerprint density at radius 3 is 1.34 bits per heavy atom. The number of anilines is 1. The molecule has 0 saturated heterocycles. The van der Waals surface area contributed by atoms with Gasteiger partial charge in [-0.1, -0.05) is 169 Å². The van der Waals surface area contributed by atoms with E-state index in [1.54, 1.807) is 6.07 Å². The molecular weight excluding hydrogens is 685 g/mol. The van der Waals surface area contributed by atoms with Gasteiger partial charge in [-0.15, -0.1) is 0 Å². The first-order chi connectivity index (χ1) is 27.4. The van der Waals surface area contributed by atoms with Crippen LogP contribution in [-0.2, 0) is 0 Å². The van der Waals surface area contributed by atoms with E-state index < -0.39 is 0 Å². The predicted molar refractivity (Wildman–Crippen MR) is 230 cm³/mol. The van der Waals surface area contributed by atoms with Gasteiger partial charge in [-0.05, 0) is 71.5 Å². The first-order valence-corrected chi connectivity index (χ1v) is 18.9. The molecule has 0 bridgehead atoms. The molecule has 1 aromatic heterocycles. The van der Waals surface area contributed by atoms with Gasteiger partial charge in [0.25, 0.3) is 11.8 Å². The molecule has 56 heavy (non-hydrogen) atoms. The van der Waals surface area contributed by atoms with E-state index in [9.17, 15) is 4.79 Å². The van der Waals surface area contributed by atoms with Gasteiger partial charge in [0.1, 0.15) is 0 Å². The van der Waals surface area contributed by atoms with Crippen LogP contribution in [0.25, 0.3) is 72.0 Å². The van der Waals surface area contributed by atoms with Gasteiger partial charge in [-0.25, -0.2) is 4.90 Å². The lowest BCUT2D eigenvalue weighted by Gasteiger charge is -2.23. The van der Waals surface area contributed by atoms with Crippen molar-refractivity contribution < 1.29 is 9.59 Å². The number of hydrogen-bond donors (Lipinski definition) is 0. The van der Waals surface area contributed by atoms with Crippen LogP contribution in [0.4, 0.5) is 5.69 Å². The number of aryl methyl sites for hydroxylation is 2. The number of nitrogens with zero attached hydrogens (tertiary/aromatic N) is 2. The second-order valence-electron chi connectivity index (χ2n) is 14.6. The first-order valence-electron chi connectivity index (χ1n) is 18.9. The second kappa shape index (κ2) is 13.2. The molecule has 0 radical (unpaired) electrons. The lowest BCUT2D eigenvalue weighted by Crippen LogP contribution is -2.30. The van der Waals surface area contributed by atoms with E-state index in [4.69, 9.17) is 0 Å². The molecule has 0 unspecified atom stereocenters. The molecule has 0 spiro atoms. The molecule has 9 aromatic rings. The molecule has 0 saturated carbocycles. The lowest BCUT2D eigenvalue weighted by atomic mass is 9.95. The van der Waals surface area contributed by atoms with Gasteiger partial charge in [0.15, 0.2) is 0 Å². The minimum Gasteiger partial charge on any atom is -0.308 e. The number of carbonyl (C=O) groups excluding carboxylic acids is 2. The largest absolute Gasteiger partial charge is 0.308 e. The number of carbonyl (C=O) groups is 2. The van der Waals surface area contributed by atoms with Crippen molar-refractivity contribution in [1.29, 1.82) is 0 Å². The van der Waals surface area contributed by atoms with Crippen molar-refractivity contribution in [2.75, 3.05) is 4.90 Å². The third-order valence-corrected chi connectivity index (χ3v) is 11.0. The van der Waals surface area contributed by atoms with Crippen LogP contribution in [0.15, 0.2) is 182 Å². The van der Waals surface area contributed by atoms with Crippen LogP contribution in [0, 0.1) is 13.8 Å². The monoisotopic (exact) mass is 720 g/mol. The Balaban J connectivity index is 1.23. The SMILES string of the molecule is Cc1cccc(-c2ccc3c4ccc(-c5cccc(C)c5)cc4n(-c4cccc5c4C(=O)N(c4c(-c6ccccc6)cccc4-c4ccccc4)C5=O)c3c2)c1. The highest BCUT2D eigenvalue weighted by atomic mass is 16.2. The minimum atomic E-state index is -0.346. The van der Waals surface area contributed by atoms with Crippen molar-refractivity contribution in [2.45, 2.75) is 13.8 Å². The molecule has 2 heterocycles.